The zero-order valence-electron chi connectivity index (χ0n) is 7.42. The Morgan fingerprint density at radius 2 is 2.33 bits per heavy atom. The number of aryl methyl sites for hydroxylation is 1. The number of carbonyl (C=O) groups is 1. The first-order valence-corrected chi connectivity index (χ1v) is 4.66. The fraction of sp³-hybridized carbons (Fsp3) is 0.500. The van der Waals surface area contributed by atoms with Crippen molar-refractivity contribution in [1.29, 1.82) is 0 Å². The van der Waals surface area contributed by atoms with Gasteiger partial charge < -0.3 is 5.32 Å². The van der Waals surface area contributed by atoms with Crippen LogP contribution in [0.4, 0.5) is 0 Å². The molecule has 0 unspecified atom stereocenters. The minimum atomic E-state index is -0.0312. The molecule has 66 valence electrons. The molecule has 0 aliphatic rings. The number of amides is 1. The van der Waals surface area contributed by atoms with Gasteiger partial charge in [0.15, 0.2) is 0 Å². The summed E-state index contributed by atoms with van der Waals surface area (Å²) in [5.74, 6) is -0.0312. The van der Waals surface area contributed by atoms with Gasteiger partial charge in [0.25, 0.3) is 5.91 Å². The molecule has 0 aliphatic heterocycles. The third-order valence-electron chi connectivity index (χ3n) is 1.41. The highest BCUT2D eigenvalue weighted by Crippen LogP contribution is 2.08. The van der Waals surface area contributed by atoms with Gasteiger partial charge in [-0.15, -0.1) is 0 Å². The van der Waals surface area contributed by atoms with Gasteiger partial charge in [0, 0.05) is 11.4 Å². The van der Waals surface area contributed by atoms with Crippen molar-refractivity contribution in [3.05, 3.63) is 16.6 Å². The second kappa shape index (κ2) is 3.67. The molecule has 3 nitrogen and oxygen atoms in total. The molecular weight excluding hydrogens is 172 g/mol. The van der Waals surface area contributed by atoms with Crippen molar-refractivity contribution in [3.8, 4) is 0 Å². The van der Waals surface area contributed by atoms with Crippen molar-refractivity contribution < 1.29 is 4.79 Å². The molecule has 4 heteroatoms. The van der Waals surface area contributed by atoms with Crippen LogP contribution in [0.25, 0.3) is 0 Å². The topological polar surface area (TPSA) is 42.0 Å². The van der Waals surface area contributed by atoms with Gasteiger partial charge in [-0.05, 0) is 32.3 Å². The van der Waals surface area contributed by atoms with Crippen LogP contribution in [0.1, 0.15) is 29.9 Å². The second-order valence-electron chi connectivity index (χ2n) is 2.94. The Kier molecular flexibility index (Phi) is 2.81. The van der Waals surface area contributed by atoms with Crippen molar-refractivity contribution in [2.24, 2.45) is 0 Å². The first-order valence-electron chi connectivity index (χ1n) is 3.83. The minimum Gasteiger partial charge on any atom is -0.350 e. The van der Waals surface area contributed by atoms with E-state index in [0.29, 0.717) is 5.56 Å². The fourth-order valence-corrected chi connectivity index (χ4v) is 1.54. The molecule has 0 saturated carbocycles. The zero-order chi connectivity index (χ0) is 9.14. The van der Waals surface area contributed by atoms with Crippen LogP contribution in [0.3, 0.4) is 0 Å². The summed E-state index contributed by atoms with van der Waals surface area (Å²) in [4.78, 5) is 11.4. The monoisotopic (exact) mass is 184 g/mol. The predicted molar refractivity (Wildman–Crippen MR) is 49.5 cm³/mol. The van der Waals surface area contributed by atoms with Crippen molar-refractivity contribution >= 4 is 17.4 Å². The van der Waals surface area contributed by atoms with Crippen molar-refractivity contribution in [1.82, 2.24) is 9.69 Å². The fourth-order valence-electron chi connectivity index (χ4n) is 0.850. The number of nitrogens with one attached hydrogen (secondary N) is 1. The molecule has 1 amide bonds. The van der Waals surface area contributed by atoms with Gasteiger partial charge in [-0.25, -0.2) is 0 Å². The maximum Gasteiger partial charge on any atom is 0.254 e. The molecule has 0 spiro atoms. The Labute approximate surface area is 76.0 Å². The lowest BCUT2D eigenvalue weighted by atomic mass is 10.2. The van der Waals surface area contributed by atoms with Crippen LogP contribution in [-0.2, 0) is 0 Å². The first kappa shape index (κ1) is 9.19. The van der Waals surface area contributed by atoms with E-state index in [0.717, 1.165) is 5.69 Å². The average molecular weight is 184 g/mol. The molecule has 0 aliphatic carbocycles. The van der Waals surface area contributed by atoms with E-state index >= 15 is 0 Å². The van der Waals surface area contributed by atoms with Crippen molar-refractivity contribution in [3.63, 3.8) is 0 Å². The van der Waals surface area contributed by atoms with Gasteiger partial charge in [0.2, 0.25) is 0 Å². The molecule has 0 fully saturated rings. The number of hydrogen-bond donors (Lipinski definition) is 1. The summed E-state index contributed by atoms with van der Waals surface area (Å²) >= 11 is 1.31. The van der Waals surface area contributed by atoms with Gasteiger partial charge >= 0.3 is 0 Å². The number of rotatable bonds is 2. The Morgan fingerprint density at radius 3 is 2.75 bits per heavy atom. The third kappa shape index (κ3) is 2.04. The van der Waals surface area contributed by atoms with Crippen LogP contribution in [0.15, 0.2) is 5.38 Å². The van der Waals surface area contributed by atoms with Crippen LogP contribution in [-0.4, -0.2) is 16.3 Å². The first-order chi connectivity index (χ1) is 5.61. The third-order valence-corrected chi connectivity index (χ3v) is 2.13. The van der Waals surface area contributed by atoms with Gasteiger partial charge in [0.1, 0.15) is 0 Å². The molecule has 0 atom stereocenters. The van der Waals surface area contributed by atoms with E-state index in [1.165, 1.54) is 11.5 Å². The molecule has 0 bridgehead atoms. The van der Waals surface area contributed by atoms with Crippen LogP contribution < -0.4 is 5.32 Å². The number of carbonyl (C=O) groups excluding carboxylic acids is 1. The Bertz CT molecular complexity index is 280. The Balaban J connectivity index is 2.72. The largest absolute Gasteiger partial charge is 0.350 e. The second-order valence-corrected chi connectivity index (χ2v) is 3.57. The van der Waals surface area contributed by atoms with Gasteiger partial charge in [-0.3, -0.25) is 4.79 Å². The summed E-state index contributed by atoms with van der Waals surface area (Å²) in [6.07, 6.45) is 0. The maximum absolute atomic E-state index is 11.4. The molecule has 1 rings (SSSR count). The van der Waals surface area contributed by atoms with Crippen LogP contribution in [0, 0.1) is 6.92 Å². The van der Waals surface area contributed by atoms with E-state index < -0.39 is 0 Å². The molecule has 0 radical (unpaired) electrons. The summed E-state index contributed by atoms with van der Waals surface area (Å²) < 4.78 is 4.03. The summed E-state index contributed by atoms with van der Waals surface area (Å²) in [7, 11) is 0. The summed E-state index contributed by atoms with van der Waals surface area (Å²) in [6.45, 7) is 5.71. The van der Waals surface area contributed by atoms with Crippen molar-refractivity contribution in [2.75, 3.05) is 0 Å². The summed E-state index contributed by atoms with van der Waals surface area (Å²) in [5, 5.41) is 4.58. The highest BCUT2D eigenvalue weighted by atomic mass is 32.1. The quantitative estimate of drug-likeness (QED) is 0.758. The van der Waals surface area contributed by atoms with Crippen molar-refractivity contribution in [2.45, 2.75) is 26.8 Å². The zero-order valence-corrected chi connectivity index (χ0v) is 8.23. The van der Waals surface area contributed by atoms with E-state index in [9.17, 15) is 4.79 Å². The van der Waals surface area contributed by atoms with Crippen LogP contribution >= 0.6 is 11.5 Å². The highest BCUT2D eigenvalue weighted by molar-refractivity contribution is 7.03. The highest BCUT2D eigenvalue weighted by Gasteiger charge is 2.10. The molecule has 0 saturated heterocycles. The van der Waals surface area contributed by atoms with E-state index in [1.54, 1.807) is 5.38 Å². The molecule has 1 heterocycles. The lowest BCUT2D eigenvalue weighted by molar-refractivity contribution is 0.0943. The molecule has 0 aromatic carbocycles. The lowest BCUT2D eigenvalue weighted by Gasteiger charge is -2.06. The number of aromatic nitrogens is 1. The standard InChI is InChI=1S/C8H12N2OS/c1-5(2)9-8(11)7-4-12-10-6(7)3/h4-5H,1-3H3,(H,9,11). The Morgan fingerprint density at radius 1 is 1.67 bits per heavy atom. The molecule has 1 N–H and O–H groups in total. The molecular formula is C8H12N2OS. The van der Waals surface area contributed by atoms with Gasteiger partial charge in [0.05, 0.1) is 11.3 Å². The lowest BCUT2D eigenvalue weighted by Crippen LogP contribution is -2.30. The van der Waals surface area contributed by atoms with E-state index in [-0.39, 0.29) is 11.9 Å². The number of hydrogen-bond acceptors (Lipinski definition) is 3. The molecule has 12 heavy (non-hydrogen) atoms. The molecule has 1 aromatic rings. The van der Waals surface area contributed by atoms with E-state index in [1.807, 2.05) is 20.8 Å². The number of nitrogens with zero attached hydrogens (tertiary/aromatic N) is 1. The maximum atomic E-state index is 11.4. The van der Waals surface area contributed by atoms with Gasteiger partial charge in [-0.1, -0.05) is 0 Å². The SMILES string of the molecule is Cc1nscc1C(=O)NC(C)C. The smallest absolute Gasteiger partial charge is 0.254 e. The minimum absolute atomic E-state index is 0.0312. The summed E-state index contributed by atoms with van der Waals surface area (Å²) in [5.41, 5.74) is 1.49. The van der Waals surface area contributed by atoms with E-state index in [2.05, 4.69) is 9.69 Å². The van der Waals surface area contributed by atoms with Crippen LogP contribution in [0.5, 0.6) is 0 Å². The average Bonchev–Trinajstić information content (AvgIpc) is 2.33. The summed E-state index contributed by atoms with van der Waals surface area (Å²) in [6, 6.07) is 0.178. The normalized spacial score (nSPS) is 10.3. The molecule has 1 aromatic heterocycles. The van der Waals surface area contributed by atoms with Crippen LogP contribution in [0.2, 0.25) is 0 Å². The van der Waals surface area contributed by atoms with Gasteiger partial charge in [-0.2, -0.15) is 4.37 Å². The van der Waals surface area contributed by atoms with E-state index in [4.69, 9.17) is 0 Å². The Hall–Kier alpha value is -0.900. The predicted octanol–water partition coefficient (Wildman–Crippen LogP) is 1.59.